The van der Waals surface area contributed by atoms with Gasteiger partial charge in [-0.3, -0.25) is 9.69 Å². The Hall–Kier alpha value is -2.53. The molecule has 0 spiro atoms. The summed E-state index contributed by atoms with van der Waals surface area (Å²) >= 11 is 0. The third-order valence-electron chi connectivity index (χ3n) is 5.61. The van der Waals surface area contributed by atoms with Crippen LogP contribution in [0.4, 0.5) is 0 Å². The van der Waals surface area contributed by atoms with Crippen molar-refractivity contribution in [2.75, 3.05) is 33.4 Å². The van der Waals surface area contributed by atoms with Gasteiger partial charge < -0.3 is 14.8 Å². The highest BCUT2D eigenvalue weighted by molar-refractivity contribution is 5.94. The maximum absolute atomic E-state index is 12.9. The smallest absolute Gasteiger partial charge is 0.251 e. The molecule has 0 radical (unpaired) electrons. The number of ether oxygens (including phenoxy) is 2. The minimum Gasteiger partial charge on any atom is -0.497 e. The molecule has 0 aromatic heterocycles. The van der Waals surface area contributed by atoms with E-state index in [2.05, 4.69) is 29.3 Å². The minimum atomic E-state index is -0.0646. The van der Waals surface area contributed by atoms with Crippen LogP contribution in [0.2, 0.25) is 0 Å². The van der Waals surface area contributed by atoms with E-state index >= 15 is 0 Å². The van der Waals surface area contributed by atoms with Gasteiger partial charge >= 0.3 is 0 Å². The number of benzene rings is 2. The third kappa shape index (κ3) is 6.23. The van der Waals surface area contributed by atoms with Crippen LogP contribution in [-0.4, -0.2) is 44.2 Å². The number of likely N-dealkylation sites (tertiary alicyclic amines) is 1. The molecule has 2 aromatic carbocycles. The maximum atomic E-state index is 12.9. The van der Waals surface area contributed by atoms with E-state index in [0.717, 1.165) is 31.0 Å². The molecule has 0 bridgehead atoms. The van der Waals surface area contributed by atoms with Gasteiger partial charge in [0.25, 0.3) is 5.91 Å². The van der Waals surface area contributed by atoms with E-state index < -0.39 is 0 Å². The number of hydrogen-bond acceptors (Lipinski definition) is 4. The van der Waals surface area contributed by atoms with Crippen LogP contribution < -0.4 is 14.8 Å². The van der Waals surface area contributed by atoms with Crippen LogP contribution in [0.15, 0.2) is 48.5 Å². The number of methoxy groups -OCH3 is 1. The molecular formula is C25H34N2O3. The Morgan fingerprint density at radius 1 is 1.03 bits per heavy atom. The average Bonchev–Trinajstić information content (AvgIpc) is 3.08. The predicted molar refractivity (Wildman–Crippen MR) is 120 cm³/mol. The second kappa shape index (κ2) is 11.6. The number of carbonyl (C=O) groups is 1. The van der Waals surface area contributed by atoms with E-state index in [9.17, 15) is 4.79 Å². The Morgan fingerprint density at radius 3 is 2.43 bits per heavy atom. The highest BCUT2D eigenvalue weighted by atomic mass is 16.5. The number of rotatable bonds is 9. The largest absolute Gasteiger partial charge is 0.497 e. The van der Waals surface area contributed by atoms with Crippen LogP contribution in [0, 0.1) is 0 Å². The van der Waals surface area contributed by atoms with Gasteiger partial charge in [-0.15, -0.1) is 0 Å². The zero-order valence-corrected chi connectivity index (χ0v) is 18.2. The lowest BCUT2D eigenvalue weighted by Gasteiger charge is -2.31. The summed E-state index contributed by atoms with van der Waals surface area (Å²) < 4.78 is 11.0. The molecule has 1 fully saturated rings. The van der Waals surface area contributed by atoms with Gasteiger partial charge in [0.1, 0.15) is 11.5 Å². The fourth-order valence-corrected chi connectivity index (χ4v) is 3.93. The number of carbonyl (C=O) groups excluding carboxylic acids is 1. The van der Waals surface area contributed by atoms with Crippen LogP contribution >= 0.6 is 0 Å². The number of nitrogens with zero attached hydrogens (tertiary/aromatic N) is 1. The quantitative estimate of drug-likeness (QED) is 0.643. The molecule has 30 heavy (non-hydrogen) atoms. The van der Waals surface area contributed by atoms with Gasteiger partial charge in [-0.2, -0.15) is 0 Å². The first-order valence-corrected chi connectivity index (χ1v) is 11.1. The lowest BCUT2D eigenvalue weighted by atomic mass is 10.0. The van der Waals surface area contributed by atoms with E-state index in [1.165, 1.54) is 31.2 Å². The predicted octanol–water partition coefficient (Wildman–Crippen LogP) is 4.83. The Bertz CT molecular complexity index is 783. The molecule has 1 N–H and O–H groups in total. The molecule has 5 nitrogen and oxygen atoms in total. The summed E-state index contributed by atoms with van der Waals surface area (Å²) in [7, 11) is 1.68. The summed E-state index contributed by atoms with van der Waals surface area (Å²) in [4.78, 5) is 15.4. The second-order valence-electron chi connectivity index (χ2n) is 7.83. The molecule has 162 valence electrons. The first-order chi connectivity index (χ1) is 14.7. The summed E-state index contributed by atoms with van der Waals surface area (Å²) in [5, 5.41) is 3.16. The average molecular weight is 411 g/mol. The molecular weight excluding hydrogens is 376 g/mol. The molecule has 1 aliphatic rings. The Morgan fingerprint density at radius 2 is 1.77 bits per heavy atom. The van der Waals surface area contributed by atoms with E-state index in [1.54, 1.807) is 7.11 Å². The number of hydrogen-bond donors (Lipinski definition) is 1. The molecule has 0 aliphatic carbocycles. The van der Waals surface area contributed by atoms with E-state index in [1.807, 2.05) is 36.4 Å². The fraction of sp³-hybridized carbons (Fsp3) is 0.480. The summed E-state index contributed by atoms with van der Waals surface area (Å²) in [5.41, 5.74) is 1.84. The number of amides is 1. The Labute approximate surface area is 180 Å². The van der Waals surface area contributed by atoms with Gasteiger partial charge in [0, 0.05) is 12.1 Å². The van der Waals surface area contributed by atoms with Crippen molar-refractivity contribution in [2.24, 2.45) is 0 Å². The van der Waals surface area contributed by atoms with Crippen LogP contribution in [0.1, 0.15) is 61.0 Å². The van der Waals surface area contributed by atoms with Crippen molar-refractivity contribution in [3.05, 3.63) is 59.7 Å². The zero-order chi connectivity index (χ0) is 21.2. The van der Waals surface area contributed by atoms with Crippen molar-refractivity contribution in [3.63, 3.8) is 0 Å². The van der Waals surface area contributed by atoms with Gasteiger partial charge in [0.2, 0.25) is 0 Å². The van der Waals surface area contributed by atoms with E-state index in [-0.39, 0.29) is 11.9 Å². The molecule has 1 atom stereocenters. The van der Waals surface area contributed by atoms with Crippen LogP contribution in [0.25, 0.3) is 0 Å². The number of nitrogens with one attached hydrogen (secondary N) is 1. The zero-order valence-electron chi connectivity index (χ0n) is 18.2. The summed E-state index contributed by atoms with van der Waals surface area (Å²) in [6.45, 7) is 5.42. The SMILES string of the molecule is CCCOc1cccc(C(=O)NC[C@@H](c2ccc(OC)cc2)N2CCCCCC2)c1. The van der Waals surface area contributed by atoms with Gasteiger partial charge in [-0.1, -0.05) is 38.0 Å². The molecule has 3 rings (SSSR count). The van der Waals surface area contributed by atoms with Crippen molar-refractivity contribution in [1.82, 2.24) is 10.2 Å². The molecule has 1 saturated heterocycles. The van der Waals surface area contributed by atoms with Crippen molar-refractivity contribution in [2.45, 2.75) is 45.1 Å². The van der Waals surface area contributed by atoms with E-state index in [0.29, 0.717) is 18.7 Å². The molecule has 1 heterocycles. The highest BCUT2D eigenvalue weighted by Crippen LogP contribution is 2.26. The minimum absolute atomic E-state index is 0.0646. The molecule has 0 saturated carbocycles. The lowest BCUT2D eigenvalue weighted by Crippen LogP contribution is -2.38. The van der Waals surface area contributed by atoms with Gasteiger partial charge in [-0.05, 0) is 68.2 Å². The molecule has 5 heteroatoms. The van der Waals surface area contributed by atoms with Crippen LogP contribution in [0.3, 0.4) is 0 Å². The third-order valence-corrected chi connectivity index (χ3v) is 5.61. The van der Waals surface area contributed by atoms with E-state index in [4.69, 9.17) is 9.47 Å². The van der Waals surface area contributed by atoms with Crippen LogP contribution in [-0.2, 0) is 0 Å². The lowest BCUT2D eigenvalue weighted by molar-refractivity contribution is 0.0932. The van der Waals surface area contributed by atoms with Crippen molar-refractivity contribution in [3.8, 4) is 11.5 Å². The van der Waals surface area contributed by atoms with Crippen LogP contribution in [0.5, 0.6) is 11.5 Å². The molecule has 2 aromatic rings. The first kappa shape index (κ1) is 22.2. The fourth-order valence-electron chi connectivity index (χ4n) is 3.93. The van der Waals surface area contributed by atoms with Crippen molar-refractivity contribution >= 4 is 5.91 Å². The standard InChI is InChI=1S/C25H34N2O3/c1-3-17-30-23-10-8-9-21(18-23)25(28)26-19-24(27-15-6-4-5-7-16-27)20-11-13-22(29-2)14-12-20/h8-14,18,24H,3-7,15-17,19H2,1-2H3,(H,26,28)/t24-/m0/s1. The second-order valence-corrected chi connectivity index (χ2v) is 7.83. The normalized spacial score (nSPS) is 15.8. The van der Waals surface area contributed by atoms with Crippen molar-refractivity contribution < 1.29 is 14.3 Å². The van der Waals surface area contributed by atoms with Gasteiger partial charge in [0.15, 0.2) is 0 Å². The highest BCUT2D eigenvalue weighted by Gasteiger charge is 2.22. The topological polar surface area (TPSA) is 50.8 Å². The Kier molecular flexibility index (Phi) is 8.57. The summed E-state index contributed by atoms with van der Waals surface area (Å²) in [5.74, 6) is 1.52. The first-order valence-electron chi connectivity index (χ1n) is 11.1. The molecule has 0 unspecified atom stereocenters. The summed E-state index contributed by atoms with van der Waals surface area (Å²) in [6, 6.07) is 15.8. The molecule has 1 amide bonds. The van der Waals surface area contributed by atoms with Crippen molar-refractivity contribution in [1.29, 1.82) is 0 Å². The summed E-state index contributed by atoms with van der Waals surface area (Å²) in [6.07, 6.45) is 5.91. The Balaban J connectivity index is 1.71. The molecule has 1 aliphatic heterocycles. The van der Waals surface area contributed by atoms with Gasteiger partial charge in [0.05, 0.1) is 19.8 Å². The maximum Gasteiger partial charge on any atom is 0.251 e. The monoisotopic (exact) mass is 410 g/mol. The van der Waals surface area contributed by atoms with Gasteiger partial charge in [-0.25, -0.2) is 0 Å².